The molecule has 0 N–H and O–H groups in total. The van der Waals surface area contributed by atoms with E-state index in [1.807, 2.05) is 12.1 Å². The van der Waals surface area contributed by atoms with Crippen LogP contribution in [0, 0.1) is 6.92 Å². The number of hydrogen-bond donors (Lipinski definition) is 0. The summed E-state index contributed by atoms with van der Waals surface area (Å²) in [5.74, 6) is 1.01. The molecule has 0 aliphatic carbocycles. The lowest BCUT2D eigenvalue weighted by Gasteiger charge is -2.19. The van der Waals surface area contributed by atoms with E-state index in [-0.39, 0.29) is 17.9 Å². The molecule has 0 spiro atoms. The van der Waals surface area contributed by atoms with Gasteiger partial charge in [-0.3, -0.25) is 19.0 Å². The van der Waals surface area contributed by atoms with E-state index in [4.69, 9.17) is 9.47 Å². The second-order valence-electron chi connectivity index (χ2n) is 7.80. The Bertz CT molecular complexity index is 1210. The van der Waals surface area contributed by atoms with Crippen molar-refractivity contribution in [2.75, 3.05) is 0 Å². The van der Waals surface area contributed by atoms with Crippen LogP contribution in [0.15, 0.2) is 53.3 Å². The maximum Gasteiger partial charge on any atom is 0.308 e. The fourth-order valence-corrected chi connectivity index (χ4v) is 3.70. The number of fused-ring (bicyclic) bond motifs is 1. The van der Waals surface area contributed by atoms with E-state index in [0.29, 0.717) is 34.9 Å². The number of benzene rings is 2. The number of aryl methyl sites for hydroxylation is 1. The van der Waals surface area contributed by atoms with Crippen LogP contribution in [-0.4, -0.2) is 21.3 Å². The van der Waals surface area contributed by atoms with E-state index in [1.165, 1.54) is 6.92 Å². The van der Waals surface area contributed by atoms with Gasteiger partial charge in [0.25, 0.3) is 5.56 Å². The maximum absolute atomic E-state index is 12.7. The molecule has 3 aromatic rings. The molecule has 0 bridgehead atoms. The fourth-order valence-electron chi connectivity index (χ4n) is 3.70. The third-order valence-electron chi connectivity index (χ3n) is 5.43. The van der Waals surface area contributed by atoms with Crippen molar-refractivity contribution in [3.8, 4) is 11.6 Å². The van der Waals surface area contributed by atoms with E-state index in [9.17, 15) is 14.4 Å². The lowest BCUT2D eigenvalue weighted by atomic mass is 10.0. The van der Waals surface area contributed by atoms with Crippen LogP contribution in [-0.2, 0) is 24.4 Å². The number of esters is 1. The van der Waals surface area contributed by atoms with Gasteiger partial charge in [-0.05, 0) is 49.6 Å². The summed E-state index contributed by atoms with van der Waals surface area (Å²) < 4.78 is 12.6. The van der Waals surface area contributed by atoms with Gasteiger partial charge < -0.3 is 9.47 Å². The Kier molecular flexibility index (Phi) is 6.16. The first kappa shape index (κ1) is 21.5. The summed E-state index contributed by atoms with van der Waals surface area (Å²) in [6.07, 6.45) is 2.80. The monoisotopic (exact) mass is 432 g/mol. The van der Waals surface area contributed by atoms with Crippen LogP contribution < -0.4 is 15.0 Å². The molecule has 0 saturated carbocycles. The smallest absolute Gasteiger partial charge is 0.308 e. The molecule has 7 heteroatoms. The van der Waals surface area contributed by atoms with Gasteiger partial charge in [0, 0.05) is 31.0 Å². The van der Waals surface area contributed by atoms with Gasteiger partial charge in [-0.25, -0.2) is 0 Å². The Morgan fingerprint density at radius 2 is 1.66 bits per heavy atom. The number of carbonyl (C=O) groups is 2. The van der Waals surface area contributed by atoms with Crippen LogP contribution in [0.2, 0.25) is 0 Å². The first-order valence-electron chi connectivity index (χ1n) is 10.6. The number of ether oxygens (including phenoxy) is 2. The Hall–Kier alpha value is -3.74. The second kappa shape index (κ2) is 9.18. The molecular formula is C25H24N2O5. The summed E-state index contributed by atoms with van der Waals surface area (Å²) >= 11 is 0. The fraction of sp³-hybridized carbons (Fsp3) is 0.280. The molecule has 0 radical (unpaired) electrons. The highest BCUT2D eigenvalue weighted by Gasteiger charge is 2.17. The van der Waals surface area contributed by atoms with E-state index in [1.54, 1.807) is 47.9 Å². The van der Waals surface area contributed by atoms with E-state index < -0.39 is 5.97 Å². The third kappa shape index (κ3) is 4.61. The number of rotatable bonds is 6. The molecule has 7 nitrogen and oxygen atoms in total. The molecule has 0 saturated heterocycles. The molecule has 0 unspecified atom stereocenters. The van der Waals surface area contributed by atoms with Crippen LogP contribution in [0.5, 0.6) is 11.6 Å². The Labute approximate surface area is 185 Å². The maximum atomic E-state index is 12.7. The normalized spacial score (nSPS) is 12.7. The van der Waals surface area contributed by atoms with Crippen molar-refractivity contribution in [1.29, 1.82) is 0 Å². The molecule has 2 heterocycles. The molecule has 1 aliphatic rings. The van der Waals surface area contributed by atoms with Crippen LogP contribution in [0.25, 0.3) is 0 Å². The first-order chi connectivity index (χ1) is 15.4. The van der Waals surface area contributed by atoms with Crippen molar-refractivity contribution in [3.05, 3.63) is 87.0 Å². The molecule has 1 aliphatic heterocycles. The minimum Gasteiger partial charge on any atom is -0.472 e. The molecule has 2 aromatic carbocycles. The minimum atomic E-state index is -0.409. The SMILES string of the molecule is CC(=O)Oc1ccc(C(=O)c2ccc(COc3nc4n(c(=O)c3C)CCCC4)cc2)cc1. The molecule has 32 heavy (non-hydrogen) atoms. The zero-order chi connectivity index (χ0) is 22.7. The summed E-state index contributed by atoms with van der Waals surface area (Å²) in [4.78, 5) is 40.8. The van der Waals surface area contributed by atoms with Gasteiger partial charge in [0.15, 0.2) is 5.78 Å². The highest BCUT2D eigenvalue weighted by atomic mass is 16.5. The lowest BCUT2D eigenvalue weighted by Crippen LogP contribution is -2.30. The van der Waals surface area contributed by atoms with Crippen LogP contribution in [0.3, 0.4) is 0 Å². The van der Waals surface area contributed by atoms with Crippen molar-refractivity contribution < 1.29 is 19.1 Å². The highest BCUT2D eigenvalue weighted by Crippen LogP contribution is 2.19. The van der Waals surface area contributed by atoms with E-state index in [2.05, 4.69) is 4.98 Å². The topological polar surface area (TPSA) is 87.5 Å². The molecular weight excluding hydrogens is 408 g/mol. The summed E-state index contributed by atoms with van der Waals surface area (Å²) in [5, 5.41) is 0. The first-order valence-corrected chi connectivity index (χ1v) is 10.6. The summed E-state index contributed by atoms with van der Waals surface area (Å²) in [6.45, 7) is 4.03. The van der Waals surface area contributed by atoms with Gasteiger partial charge in [0.2, 0.25) is 5.88 Å². The molecule has 0 atom stereocenters. The van der Waals surface area contributed by atoms with Crippen molar-refractivity contribution in [1.82, 2.24) is 9.55 Å². The molecule has 1 aromatic heterocycles. The Morgan fingerprint density at radius 3 is 2.31 bits per heavy atom. The molecule has 164 valence electrons. The van der Waals surface area contributed by atoms with Crippen molar-refractivity contribution in [2.45, 2.75) is 46.3 Å². The highest BCUT2D eigenvalue weighted by molar-refractivity contribution is 6.09. The largest absolute Gasteiger partial charge is 0.472 e. The van der Waals surface area contributed by atoms with E-state index >= 15 is 0 Å². The molecule has 4 rings (SSSR count). The third-order valence-corrected chi connectivity index (χ3v) is 5.43. The average Bonchev–Trinajstić information content (AvgIpc) is 2.80. The van der Waals surface area contributed by atoms with Gasteiger partial charge >= 0.3 is 5.97 Å². The Balaban J connectivity index is 1.43. The minimum absolute atomic E-state index is 0.0367. The van der Waals surface area contributed by atoms with Gasteiger partial charge in [-0.15, -0.1) is 0 Å². The number of carbonyl (C=O) groups excluding carboxylic acids is 2. The summed E-state index contributed by atoms with van der Waals surface area (Å²) in [7, 11) is 0. The predicted octanol–water partition coefficient (Wildman–Crippen LogP) is 3.62. The Morgan fingerprint density at radius 1 is 1.00 bits per heavy atom. The predicted molar refractivity (Wildman–Crippen MR) is 118 cm³/mol. The summed E-state index contributed by atoms with van der Waals surface area (Å²) in [6, 6.07) is 13.6. The number of aromatic nitrogens is 2. The molecule has 0 fully saturated rings. The van der Waals surface area contributed by atoms with Crippen molar-refractivity contribution >= 4 is 11.8 Å². The van der Waals surface area contributed by atoms with Gasteiger partial charge in [0.05, 0.1) is 5.56 Å². The van der Waals surface area contributed by atoms with E-state index in [0.717, 1.165) is 30.7 Å². The van der Waals surface area contributed by atoms with Crippen LogP contribution in [0.1, 0.15) is 52.6 Å². The number of nitrogens with zero attached hydrogens (tertiary/aromatic N) is 2. The summed E-state index contributed by atoms with van der Waals surface area (Å²) in [5.41, 5.74) is 2.38. The van der Waals surface area contributed by atoms with Gasteiger partial charge in [-0.2, -0.15) is 4.98 Å². The average molecular weight is 432 g/mol. The van der Waals surface area contributed by atoms with Crippen molar-refractivity contribution in [3.63, 3.8) is 0 Å². The second-order valence-corrected chi connectivity index (χ2v) is 7.80. The van der Waals surface area contributed by atoms with Crippen LogP contribution >= 0.6 is 0 Å². The zero-order valence-electron chi connectivity index (χ0n) is 18.1. The van der Waals surface area contributed by atoms with Crippen LogP contribution in [0.4, 0.5) is 0 Å². The lowest BCUT2D eigenvalue weighted by molar-refractivity contribution is -0.131. The van der Waals surface area contributed by atoms with Gasteiger partial charge in [0.1, 0.15) is 18.2 Å². The number of ketones is 1. The van der Waals surface area contributed by atoms with Crippen molar-refractivity contribution in [2.24, 2.45) is 0 Å². The molecule has 0 amide bonds. The number of hydrogen-bond acceptors (Lipinski definition) is 6. The standard InChI is InChI=1S/C25H24N2O5/c1-16-24(26-22-5-3-4-14-27(22)25(16)30)31-15-18-6-8-19(9-7-18)23(29)20-10-12-21(13-11-20)32-17(2)28/h6-13H,3-5,14-15H2,1-2H3. The zero-order valence-corrected chi connectivity index (χ0v) is 18.1. The quantitative estimate of drug-likeness (QED) is 0.336. The van der Waals surface area contributed by atoms with Gasteiger partial charge in [-0.1, -0.05) is 24.3 Å².